The number of rotatable bonds is 6. The Morgan fingerprint density at radius 3 is 2.58 bits per heavy atom. The quantitative estimate of drug-likeness (QED) is 0.872. The molecule has 0 bridgehead atoms. The van der Waals surface area contributed by atoms with Crippen molar-refractivity contribution in [1.29, 1.82) is 0 Å². The van der Waals surface area contributed by atoms with E-state index in [1.54, 1.807) is 11.3 Å². The third kappa shape index (κ3) is 4.82. The maximum Gasteiger partial charge on any atom is 0.131 e. The lowest BCUT2D eigenvalue weighted by Gasteiger charge is -2.34. The number of nitrogens with one attached hydrogen (secondary N) is 1. The Morgan fingerprint density at radius 1 is 1.26 bits per heavy atom. The summed E-state index contributed by atoms with van der Waals surface area (Å²) in [6.07, 6.45) is 3.92. The van der Waals surface area contributed by atoms with E-state index in [4.69, 9.17) is 4.74 Å². The molecular formula is C14H25N3OS. The van der Waals surface area contributed by atoms with Gasteiger partial charge in [-0.25, -0.2) is 0 Å². The van der Waals surface area contributed by atoms with Gasteiger partial charge in [0.1, 0.15) is 10.0 Å². The Balaban J connectivity index is 1.73. The van der Waals surface area contributed by atoms with Crippen LogP contribution in [0.1, 0.15) is 50.6 Å². The van der Waals surface area contributed by atoms with E-state index >= 15 is 0 Å². The van der Waals surface area contributed by atoms with Crippen molar-refractivity contribution in [3.63, 3.8) is 0 Å². The Kier molecular flexibility index (Phi) is 4.92. The van der Waals surface area contributed by atoms with Crippen molar-refractivity contribution in [2.45, 2.75) is 65.1 Å². The summed E-state index contributed by atoms with van der Waals surface area (Å²) in [6, 6.07) is 0. The van der Waals surface area contributed by atoms with Crippen LogP contribution in [0.3, 0.4) is 0 Å². The molecule has 0 aliphatic heterocycles. The molecule has 0 atom stereocenters. The van der Waals surface area contributed by atoms with E-state index in [9.17, 15) is 0 Å². The first-order chi connectivity index (χ1) is 8.96. The monoisotopic (exact) mass is 283 g/mol. The fourth-order valence-corrected chi connectivity index (χ4v) is 3.14. The van der Waals surface area contributed by atoms with Crippen molar-refractivity contribution in [3.8, 4) is 0 Å². The zero-order chi connectivity index (χ0) is 13.9. The van der Waals surface area contributed by atoms with E-state index in [-0.39, 0.29) is 5.54 Å². The smallest absolute Gasteiger partial charge is 0.131 e. The minimum atomic E-state index is 0.129. The van der Waals surface area contributed by atoms with Gasteiger partial charge < -0.3 is 10.1 Å². The number of aromatic nitrogens is 2. The van der Waals surface area contributed by atoms with E-state index in [2.05, 4.69) is 43.2 Å². The van der Waals surface area contributed by atoms with Crippen molar-refractivity contribution in [2.24, 2.45) is 5.92 Å². The second-order valence-electron chi connectivity index (χ2n) is 6.31. The normalized spacial score (nSPS) is 23.4. The minimum Gasteiger partial charge on any atom is -0.378 e. The molecular weight excluding hydrogens is 258 g/mol. The van der Waals surface area contributed by atoms with Crippen molar-refractivity contribution in [1.82, 2.24) is 15.5 Å². The molecule has 0 aromatic carbocycles. The van der Waals surface area contributed by atoms with Crippen molar-refractivity contribution in [2.75, 3.05) is 6.61 Å². The lowest BCUT2D eigenvalue weighted by molar-refractivity contribution is -0.0240. The summed E-state index contributed by atoms with van der Waals surface area (Å²) in [5.41, 5.74) is 0.129. The highest BCUT2D eigenvalue weighted by molar-refractivity contribution is 7.11. The van der Waals surface area contributed by atoms with Crippen molar-refractivity contribution < 1.29 is 4.74 Å². The van der Waals surface area contributed by atoms with Crippen LogP contribution in [-0.4, -0.2) is 28.4 Å². The Labute approximate surface area is 120 Å². The molecule has 2 rings (SSSR count). The van der Waals surface area contributed by atoms with Crippen LogP contribution in [0.4, 0.5) is 0 Å². The molecule has 1 N–H and O–H groups in total. The summed E-state index contributed by atoms with van der Waals surface area (Å²) in [7, 11) is 0. The molecule has 0 unspecified atom stereocenters. The SMILES string of the molecule is CCOC1CC(Cc2nnc(CNC(C)(C)C)s2)C1. The zero-order valence-corrected chi connectivity index (χ0v) is 13.2. The molecule has 1 saturated carbocycles. The van der Waals surface area contributed by atoms with Gasteiger partial charge >= 0.3 is 0 Å². The minimum absolute atomic E-state index is 0.129. The summed E-state index contributed by atoms with van der Waals surface area (Å²) < 4.78 is 5.58. The van der Waals surface area contributed by atoms with Crippen LogP contribution in [0.5, 0.6) is 0 Å². The molecule has 1 aromatic heterocycles. The van der Waals surface area contributed by atoms with E-state index in [1.165, 1.54) is 17.8 Å². The predicted molar refractivity (Wildman–Crippen MR) is 78.3 cm³/mol. The van der Waals surface area contributed by atoms with Gasteiger partial charge in [-0.1, -0.05) is 0 Å². The molecule has 19 heavy (non-hydrogen) atoms. The highest BCUT2D eigenvalue weighted by atomic mass is 32.1. The first kappa shape index (κ1) is 14.9. The number of nitrogens with zero attached hydrogens (tertiary/aromatic N) is 2. The van der Waals surface area contributed by atoms with E-state index < -0.39 is 0 Å². The van der Waals surface area contributed by atoms with Crippen LogP contribution in [0.25, 0.3) is 0 Å². The Morgan fingerprint density at radius 2 is 1.95 bits per heavy atom. The second kappa shape index (κ2) is 6.29. The van der Waals surface area contributed by atoms with Gasteiger partial charge in [0.2, 0.25) is 0 Å². The zero-order valence-electron chi connectivity index (χ0n) is 12.4. The van der Waals surface area contributed by atoms with Crippen LogP contribution in [-0.2, 0) is 17.7 Å². The van der Waals surface area contributed by atoms with Crippen LogP contribution in [0, 0.1) is 5.92 Å². The molecule has 4 nitrogen and oxygen atoms in total. The molecule has 5 heteroatoms. The lowest BCUT2D eigenvalue weighted by atomic mass is 9.80. The van der Waals surface area contributed by atoms with Crippen LogP contribution in [0.15, 0.2) is 0 Å². The Hall–Kier alpha value is -0.520. The Bertz CT molecular complexity index is 394. The molecule has 0 radical (unpaired) electrons. The molecule has 1 aliphatic carbocycles. The molecule has 0 amide bonds. The van der Waals surface area contributed by atoms with Gasteiger partial charge in [0.15, 0.2) is 0 Å². The molecule has 0 spiro atoms. The number of hydrogen-bond donors (Lipinski definition) is 1. The lowest BCUT2D eigenvalue weighted by Crippen LogP contribution is -2.35. The summed E-state index contributed by atoms with van der Waals surface area (Å²) in [5.74, 6) is 0.743. The number of hydrogen-bond acceptors (Lipinski definition) is 5. The van der Waals surface area contributed by atoms with Crippen molar-refractivity contribution >= 4 is 11.3 Å². The molecule has 1 aromatic rings. The van der Waals surface area contributed by atoms with Gasteiger partial charge in [-0.3, -0.25) is 0 Å². The highest BCUT2D eigenvalue weighted by Gasteiger charge is 2.30. The maximum absolute atomic E-state index is 5.58. The first-order valence-electron chi connectivity index (χ1n) is 7.14. The van der Waals surface area contributed by atoms with Crippen LogP contribution in [0.2, 0.25) is 0 Å². The molecule has 1 fully saturated rings. The van der Waals surface area contributed by atoms with Crippen LogP contribution < -0.4 is 5.32 Å². The fourth-order valence-electron chi connectivity index (χ4n) is 2.24. The average Bonchev–Trinajstić information content (AvgIpc) is 2.71. The van der Waals surface area contributed by atoms with E-state index in [0.717, 1.165) is 30.5 Å². The predicted octanol–water partition coefficient (Wildman–Crippen LogP) is 2.78. The highest BCUT2D eigenvalue weighted by Crippen LogP contribution is 2.33. The largest absolute Gasteiger partial charge is 0.378 e. The fraction of sp³-hybridized carbons (Fsp3) is 0.857. The third-order valence-corrected chi connectivity index (χ3v) is 4.28. The summed E-state index contributed by atoms with van der Waals surface area (Å²) in [5, 5.41) is 14.3. The summed E-state index contributed by atoms with van der Waals surface area (Å²) in [6.45, 7) is 10.2. The topological polar surface area (TPSA) is 47.0 Å². The van der Waals surface area contributed by atoms with Gasteiger partial charge in [-0.2, -0.15) is 0 Å². The van der Waals surface area contributed by atoms with Gasteiger partial charge in [0.25, 0.3) is 0 Å². The first-order valence-corrected chi connectivity index (χ1v) is 7.96. The summed E-state index contributed by atoms with van der Waals surface area (Å²) in [4.78, 5) is 0. The van der Waals surface area contributed by atoms with Gasteiger partial charge in [-0.05, 0) is 46.5 Å². The third-order valence-electron chi connectivity index (χ3n) is 3.34. The van der Waals surface area contributed by atoms with Gasteiger partial charge in [0, 0.05) is 18.6 Å². The van der Waals surface area contributed by atoms with Crippen molar-refractivity contribution in [3.05, 3.63) is 10.0 Å². The average molecular weight is 283 g/mol. The van der Waals surface area contributed by atoms with Gasteiger partial charge in [0.05, 0.1) is 12.6 Å². The molecule has 0 saturated heterocycles. The molecule has 108 valence electrons. The summed E-state index contributed by atoms with van der Waals surface area (Å²) >= 11 is 1.74. The van der Waals surface area contributed by atoms with E-state index in [1.807, 2.05) is 0 Å². The van der Waals surface area contributed by atoms with Gasteiger partial charge in [-0.15, -0.1) is 21.5 Å². The van der Waals surface area contributed by atoms with Crippen LogP contribution >= 0.6 is 11.3 Å². The maximum atomic E-state index is 5.58. The molecule has 1 aliphatic rings. The van der Waals surface area contributed by atoms with E-state index in [0.29, 0.717) is 6.10 Å². The second-order valence-corrected chi connectivity index (χ2v) is 7.46. The standard InChI is InChI=1S/C14H25N3OS/c1-5-18-11-6-10(7-11)8-12-16-17-13(19-12)9-15-14(2,3)4/h10-11,15H,5-9H2,1-4H3. The molecule has 1 heterocycles. The number of ether oxygens (including phenoxy) is 1.